The van der Waals surface area contributed by atoms with Gasteiger partial charge in [0, 0.05) is 0 Å². The predicted octanol–water partition coefficient (Wildman–Crippen LogP) is 6.25. The third kappa shape index (κ3) is 9.05. The fourth-order valence-electron chi connectivity index (χ4n) is 4.42. The van der Waals surface area contributed by atoms with Crippen molar-refractivity contribution < 1.29 is 14.9 Å². The van der Waals surface area contributed by atoms with Gasteiger partial charge in [-0.1, -0.05) is 0 Å². The van der Waals surface area contributed by atoms with Gasteiger partial charge in [-0.15, -0.1) is 0 Å². The van der Waals surface area contributed by atoms with E-state index in [1.54, 1.807) is 0 Å². The summed E-state index contributed by atoms with van der Waals surface area (Å²) in [6.45, 7) is 12.9. The second kappa shape index (κ2) is 13.0. The molecule has 0 aromatic heterocycles. The Hall–Kier alpha value is 0.419. The minimum absolute atomic E-state index is 0.0855. The standard InChI is InChI=1S/C12H21O3.3C4H9.Sn/c1-5-9(13)8(3)11-10(15-11)7-12(4,14)6-2;3*1-3-4-2;/h2,6,8-11,13-14H,5,7H2,1,3-4H3;3*1,3-4H2,2H3;/t8-,9+,10-,11-,12+;;;;/m1..../s1. The first-order valence-electron chi connectivity index (χ1n) is 12.0. The van der Waals surface area contributed by atoms with Crippen LogP contribution in [0.5, 0.6) is 0 Å². The van der Waals surface area contributed by atoms with Crippen LogP contribution < -0.4 is 0 Å². The van der Waals surface area contributed by atoms with Crippen LogP contribution in [0.3, 0.4) is 0 Å². The summed E-state index contributed by atoms with van der Waals surface area (Å²) < 4.78 is 12.7. The first-order chi connectivity index (χ1) is 13.2. The van der Waals surface area contributed by atoms with Crippen LogP contribution in [0.4, 0.5) is 0 Å². The fourth-order valence-corrected chi connectivity index (χ4v) is 19.1. The van der Waals surface area contributed by atoms with E-state index < -0.39 is 24.0 Å². The molecule has 0 aromatic rings. The molecule has 3 nitrogen and oxygen atoms in total. The van der Waals surface area contributed by atoms with E-state index >= 15 is 0 Å². The molecule has 4 heteroatoms. The normalized spacial score (nSPS) is 24.3. The summed E-state index contributed by atoms with van der Waals surface area (Å²) in [6.07, 6.45) is 11.3. The predicted molar refractivity (Wildman–Crippen MR) is 123 cm³/mol. The molecule has 0 aliphatic carbocycles. The van der Waals surface area contributed by atoms with Crippen molar-refractivity contribution in [3.05, 3.63) is 10.2 Å². The van der Waals surface area contributed by atoms with Crippen LogP contribution >= 0.6 is 0 Å². The van der Waals surface area contributed by atoms with E-state index in [1.807, 2.05) is 13.8 Å². The van der Waals surface area contributed by atoms with Crippen molar-refractivity contribution in [3.63, 3.8) is 0 Å². The van der Waals surface area contributed by atoms with E-state index in [0.717, 1.165) is 6.42 Å². The van der Waals surface area contributed by atoms with Gasteiger partial charge in [-0.3, -0.25) is 0 Å². The maximum atomic E-state index is 11.1. The third-order valence-electron chi connectivity index (χ3n) is 6.66. The molecule has 1 aliphatic heterocycles. The molecule has 1 saturated heterocycles. The van der Waals surface area contributed by atoms with Gasteiger partial charge in [0.25, 0.3) is 0 Å². The molecule has 1 aliphatic rings. The zero-order valence-corrected chi connectivity index (χ0v) is 22.4. The molecule has 0 amide bonds. The monoisotopic (exact) mass is 504 g/mol. The number of ether oxygens (including phenoxy) is 1. The van der Waals surface area contributed by atoms with E-state index in [9.17, 15) is 10.2 Å². The third-order valence-corrected chi connectivity index (χ3v) is 20.7. The molecule has 166 valence electrons. The molecule has 0 aromatic carbocycles. The van der Waals surface area contributed by atoms with Crippen LogP contribution in [0, 0.1) is 5.92 Å². The van der Waals surface area contributed by atoms with Crippen LogP contribution in [0.1, 0.15) is 92.9 Å². The first kappa shape index (κ1) is 26.5. The summed E-state index contributed by atoms with van der Waals surface area (Å²) in [5, 5.41) is 21.1. The summed E-state index contributed by atoms with van der Waals surface area (Å²) in [7, 11) is 0. The zero-order valence-electron chi connectivity index (χ0n) is 19.5. The number of epoxide rings is 1. The molecule has 0 radical (unpaired) electrons. The fraction of sp³-hybridized carbons (Fsp3) is 0.917. The summed E-state index contributed by atoms with van der Waals surface area (Å²) in [4.78, 5) is 0. The van der Waals surface area contributed by atoms with Crippen molar-refractivity contribution in [2.24, 2.45) is 5.92 Å². The van der Waals surface area contributed by atoms with Gasteiger partial charge >= 0.3 is 180 Å². The number of unbranched alkanes of at least 4 members (excludes halogenated alkanes) is 3. The van der Waals surface area contributed by atoms with Crippen molar-refractivity contribution in [2.45, 2.75) is 130 Å². The molecule has 0 bridgehead atoms. The SMILES string of the molecule is CCC[CH2][Sn](/[CH]=C/[C@](C)(O)C[C@H]1O[C@@H]1[C@H](C)[C@@H](O)CC)([CH2]CCC)[CH2]CCC. The van der Waals surface area contributed by atoms with E-state index in [0.29, 0.717) is 6.42 Å². The average molecular weight is 503 g/mol. The molecule has 1 heterocycles. The van der Waals surface area contributed by atoms with Crippen LogP contribution in [0.25, 0.3) is 0 Å². The van der Waals surface area contributed by atoms with Gasteiger partial charge in [0.1, 0.15) is 0 Å². The summed E-state index contributed by atoms with van der Waals surface area (Å²) >= 11 is -2.36. The van der Waals surface area contributed by atoms with Crippen LogP contribution in [-0.2, 0) is 4.74 Å². The van der Waals surface area contributed by atoms with Crippen molar-refractivity contribution in [1.29, 1.82) is 0 Å². The van der Waals surface area contributed by atoms with Crippen LogP contribution in [0.15, 0.2) is 10.2 Å². The van der Waals surface area contributed by atoms with Crippen molar-refractivity contribution >= 4 is 18.4 Å². The van der Waals surface area contributed by atoms with Gasteiger partial charge in [0.2, 0.25) is 0 Å². The van der Waals surface area contributed by atoms with E-state index in [2.05, 4.69) is 37.9 Å². The first-order valence-corrected chi connectivity index (χ1v) is 19.7. The van der Waals surface area contributed by atoms with E-state index in [-0.39, 0.29) is 24.2 Å². The summed E-state index contributed by atoms with van der Waals surface area (Å²) in [5.74, 6) is 0.145. The molecule has 5 atom stereocenters. The molecule has 1 rings (SSSR count). The maximum absolute atomic E-state index is 11.1. The molecule has 0 spiro atoms. The Bertz CT molecular complexity index is 427. The summed E-state index contributed by atoms with van der Waals surface area (Å²) in [5.41, 5.74) is -0.802. The van der Waals surface area contributed by atoms with Gasteiger partial charge in [-0.25, -0.2) is 0 Å². The average Bonchev–Trinajstić information content (AvgIpc) is 3.43. The van der Waals surface area contributed by atoms with Gasteiger partial charge in [-0.05, 0) is 0 Å². The van der Waals surface area contributed by atoms with Crippen molar-refractivity contribution in [1.82, 2.24) is 0 Å². The quantitative estimate of drug-likeness (QED) is 0.194. The second-order valence-corrected chi connectivity index (χ2v) is 22.6. The number of hydrogen-bond acceptors (Lipinski definition) is 3. The molecule has 28 heavy (non-hydrogen) atoms. The number of aliphatic hydroxyl groups is 2. The Balaban J connectivity index is 2.78. The van der Waals surface area contributed by atoms with Crippen LogP contribution in [-0.4, -0.2) is 52.5 Å². The number of aliphatic hydroxyl groups excluding tert-OH is 1. The molecular formula is C24H48O3Sn. The molecule has 1 fully saturated rings. The van der Waals surface area contributed by atoms with Gasteiger partial charge in [-0.2, -0.15) is 0 Å². The zero-order chi connectivity index (χ0) is 21.2. The minimum atomic E-state index is -2.36. The molecule has 2 N–H and O–H groups in total. The Kier molecular flexibility index (Phi) is 12.2. The van der Waals surface area contributed by atoms with Gasteiger partial charge in [0.05, 0.1) is 0 Å². The van der Waals surface area contributed by atoms with Crippen molar-refractivity contribution in [2.75, 3.05) is 0 Å². The topological polar surface area (TPSA) is 53.0 Å². The number of hydrogen-bond donors (Lipinski definition) is 2. The molecule has 0 unspecified atom stereocenters. The molecule has 0 saturated carbocycles. The Morgan fingerprint density at radius 3 is 1.93 bits per heavy atom. The van der Waals surface area contributed by atoms with Crippen LogP contribution in [0.2, 0.25) is 13.3 Å². The Morgan fingerprint density at radius 2 is 1.50 bits per heavy atom. The molecular weight excluding hydrogens is 455 g/mol. The Morgan fingerprint density at radius 1 is 1.00 bits per heavy atom. The summed E-state index contributed by atoms with van der Waals surface area (Å²) in [6, 6.07) is 0. The number of rotatable bonds is 16. The second-order valence-electron chi connectivity index (χ2n) is 9.54. The van der Waals surface area contributed by atoms with Gasteiger partial charge < -0.3 is 0 Å². The van der Waals surface area contributed by atoms with E-state index in [4.69, 9.17) is 4.74 Å². The Labute approximate surface area is 179 Å². The van der Waals surface area contributed by atoms with Gasteiger partial charge in [0.15, 0.2) is 0 Å². The van der Waals surface area contributed by atoms with Crippen molar-refractivity contribution in [3.8, 4) is 0 Å². The van der Waals surface area contributed by atoms with E-state index in [1.165, 1.54) is 51.8 Å².